The van der Waals surface area contributed by atoms with Gasteiger partial charge < -0.3 is 9.88 Å². The van der Waals surface area contributed by atoms with Crippen molar-refractivity contribution in [2.75, 3.05) is 0 Å². The highest BCUT2D eigenvalue weighted by Gasteiger charge is 2.07. The first kappa shape index (κ1) is 11.6. The van der Waals surface area contributed by atoms with Crippen molar-refractivity contribution in [2.45, 2.75) is 26.6 Å². The molecule has 0 unspecified atom stereocenters. The van der Waals surface area contributed by atoms with Crippen molar-refractivity contribution in [3.63, 3.8) is 0 Å². The van der Waals surface area contributed by atoms with E-state index in [1.54, 1.807) is 17.7 Å². The largest absolute Gasteiger partial charge is 0.332 e. The Balaban J connectivity index is 1.91. The van der Waals surface area contributed by atoms with Crippen LogP contribution < -0.4 is 5.32 Å². The summed E-state index contributed by atoms with van der Waals surface area (Å²) >= 11 is 7.77. The van der Waals surface area contributed by atoms with Gasteiger partial charge in [0.05, 0.1) is 12.0 Å². The van der Waals surface area contributed by atoms with E-state index in [0.717, 1.165) is 25.3 Å². The third kappa shape index (κ3) is 2.64. The maximum Gasteiger partial charge on any atom is 0.151 e. The zero-order chi connectivity index (χ0) is 11.4. The zero-order valence-electron chi connectivity index (χ0n) is 9.11. The molecule has 1 N–H and O–H groups in total. The molecule has 0 radical (unpaired) electrons. The second-order valence-corrected chi connectivity index (χ2v) is 4.84. The molecule has 3 nitrogen and oxygen atoms in total. The monoisotopic (exact) mass is 255 g/mol. The summed E-state index contributed by atoms with van der Waals surface area (Å²) in [5.41, 5.74) is 1.06. The second-order valence-electron chi connectivity index (χ2n) is 3.45. The van der Waals surface area contributed by atoms with Gasteiger partial charge in [-0.1, -0.05) is 17.7 Å². The van der Waals surface area contributed by atoms with E-state index in [-0.39, 0.29) is 0 Å². The van der Waals surface area contributed by atoms with Gasteiger partial charge in [0.15, 0.2) is 5.15 Å². The van der Waals surface area contributed by atoms with Crippen LogP contribution >= 0.6 is 22.9 Å². The number of hydrogen-bond acceptors (Lipinski definition) is 3. The van der Waals surface area contributed by atoms with Gasteiger partial charge in [-0.25, -0.2) is 4.98 Å². The van der Waals surface area contributed by atoms with Gasteiger partial charge in [0.2, 0.25) is 0 Å². The van der Waals surface area contributed by atoms with Crippen molar-refractivity contribution in [3.8, 4) is 0 Å². The Labute approximate surface area is 104 Å². The van der Waals surface area contributed by atoms with Gasteiger partial charge in [0.1, 0.15) is 0 Å². The number of nitrogens with zero attached hydrogens (tertiary/aromatic N) is 2. The maximum absolute atomic E-state index is 6.02. The quantitative estimate of drug-likeness (QED) is 0.890. The molecule has 2 rings (SSSR count). The summed E-state index contributed by atoms with van der Waals surface area (Å²) in [4.78, 5) is 5.43. The standard InChI is InChI=1S/C11H14ClN3S/c1-2-15-8-14-11(12)10(15)7-13-6-9-4-3-5-16-9/h3-5,8,13H,2,6-7H2,1H3. The van der Waals surface area contributed by atoms with E-state index in [1.165, 1.54) is 4.88 Å². The fourth-order valence-corrected chi connectivity index (χ4v) is 2.44. The fourth-order valence-electron chi connectivity index (χ4n) is 1.55. The van der Waals surface area contributed by atoms with Crippen molar-refractivity contribution in [1.82, 2.24) is 14.9 Å². The third-order valence-electron chi connectivity index (χ3n) is 2.41. The van der Waals surface area contributed by atoms with E-state index in [2.05, 4.69) is 39.3 Å². The minimum absolute atomic E-state index is 0.598. The lowest BCUT2D eigenvalue weighted by atomic mass is 10.4. The van der Waals surface area contributed by atoms with E-state index in [0.29, 0.717) is 5.15 Å². The molecule has 0 aliphatic heterocycles. The van der Waals surface area contributed by atoms with E-state index < -0.39 is 0 Å². The van der Waals surface area contributed by atoms with Crippen LogP contribution in [-0.2, 0) is 19.6 Å². The molecule has 0 atom stereocenters. The molecule has 0 aromatic carbocycles. The highest BCUT2D eigenvalue weighted by atomic mass is 35.5. The zero-order valence-corrected chi connectivity index (χ0v) is 10.7. The van der Waals surface area contributed by atoms with Gasteiger partial charge in [-0.05, 0) is 18.4 Å². The predicted octanol–water partition coefficient (Wildman–Crippen LogP) is 2.91. The Kier molecular flexibility index (Phi) is 3.98. The van der Waals surface area contributed by atoms with Gasteiger partial charge in [0, 0.05) is 24.5 Å². The van der Waals surface area contributed by atoms with Crippen molar-refractivity contribution in [1.29, 1.82) is 0 Å². The first-order chi connectivity index (χ1) is 7.81. The fraction of sp³-hybridized carbons (Fsp3) is 0.364. The van der Waals surface area contributed by atoms with Crippen molar-refractivity contribution in [2.24, 2.45) is 0 Å². The number of aryl methyl sites for hydroxylation is 1. The van der Waals surface area contributed by atoms with Crippen LogP contribution in [-0.4, -0.2) is 9.55 Å². The first-order valence-corrected chi connectivity index (χ1v) is 6.49. The van der Waals surface area contributed by atoms with Crippen LogP contribution in [0.5, 0.6) is 0 Å². The Morgan fingerprint density at radius 2 is 2.38 bits per heavy atom. The molecule has 0 amide bonds. The first-order valence-electron chi connectivity index (χ1n) is 5.24. The number of imidazole rings is 1. The van der Waals surface area contributed by atoms with Crippen molar-refractivity contribution in [3.05, 3.63) is 39.6 Å². The molecule has 0 saturated heterocycles. The molecule has 0 aliphatic rings. The van der Waals surface area contributed by atoms with E-state index in [4.69, 9.17) is 11.6 Å². The van der Waals surface area contributed by atoms with Gasteiger partial charge in [-0.15, -0.1) is 11.3 Å². The normalized spacial score (nSPS) is 10.9. The molecule has 0 aliphatic carbocycles. The summed E-state index contributed by atoms with van der Waals surface area (Å²) in [6.45, 7) is 4.62. The number of aromatic nitrogens is 2. The van der Waals surface area contributed by atoms with Crippen LogP contribution in [0, 0.1) is 0 Å². The molecular formula is C11H14ClN3S. The average molecular weight is 256 g/mol. The molecule has 2 aromatic heterocycles. The number of thiophene rings is 1. The summed E-state index contributed by atoms with van der Waals surface area (Å²) in [7, 11) is 0. The summed E-state index contributed by atoms with van der Waals surface area (Å²) in [6, 6.07) is 4.18. The molecule has 16 heavy (non-hydrogen) atoms. The summed E-state index contributed by atoms with van der Waals surface area (Å²) < 4.78 is 2.06. The Hall–Kier alpha value is -0.840. The Bertz CT molecular complexity index is 436. The molecule has 0 saturated carbocycles. The van der Waals surface area contributed by atoms with Gasteiger partial charge in [-0.2, -0.15) is 0 Å². The Morgan fingerprint density at radius 1 is 1.50 bits per heavy atom. The van der Waals surface area contributed by atoms with Gasteiger partial charge in [0.25, 0.3) is 0 Å². The number of hydrogen-bond donors (Lipinski definition) is 1. The number of nitrogens with one attached hydrogen (secondary N) is 1. The van der Waals surface area contributed by atoms with Crippen LogP contribution in [0.15, 0.2) is 23.8 Å². The topological polar surface area (TPSA) is 29.9 Å². The minimum atomic E-state index is 0.598. The molecule has 86 valence electrons. The van der Waals surface area contributed by atoms with Crippen LogP contribution in [0.2, 0.25) is 5.15 Å². The lowest BCUT2D eigenvalue weighted by Gasteiger charge is -2.06. The second kappa shape index (κ2) is 5.48. The molecule has 2 heterocycles. The van der Waals surface area contributed by atoms with Gasteiger partial charge in [-0.3, -0.25) is 0 Å². The lowest BCUT2D eigenvalue weighted by Crippen LogP contribution is -2.15. The van der Waals surface area contributed by atoms with Crippen molar-refractivity contribution >= 4 is 22.9 Å². The number of rotatable bonds is 5. The minimum Gasteiger partial charge on any atom is -0.332 e. The molecule has 5 heteroatoms. The van der Waals surface area contributed by atoms with Gasteiger partial charge >= 0.3 is 0 Å². The van der Waals surface area contributed by atoms with Crippen LogP contribution in [0.1, 0.15) is 17.5 Å². The number of halogens is 1. The molecule has 0 spiro atoms. The van der Waals surface area contributed by atoms with E-state index in [9.17, 15) is 0 Å². The molecule has 0 bridgehead atoms. The highest BCUT2D eigenvalue weighted by Crippen LogP contribution is 2.14. The molecule has 2 aromatic rings. The summed E-state index contributed by atoms with van der Waals surface area (Å²) in [5, 5.41) is 6.05. The summed E-state index contributed by atoms with van der Waals surface area (Å²) in [5.74, 6) is 0. The van der Waals surface area contributed by atoms with Crippen LogP contribution in [0.3, 0.4) is 0 Å². The lowest BCUT2D eigenvalue weighted by molar-refractivity contribution is 0.632. The van der Waals surface area contributed by atoms with E-state index in [1.807, 2.05) is 0 Å². The predicted molar refractivity (Wildman–Crippen MR) is 67.8 cm³/mol. The third-order valence-corrected chi connectivity index (χ3v) is 3.60. The van der Waals surface area contributed by atoms with Crippen LogP contribution in [0.4, 0.5) is 0 Å². The maximum atomic E-state index is 6.02. The average Bonchev–Trinajstić information content (AvgIpc) is 2.90. The SMILES string of the molecule is CCn1cnc(Cl)c1CNCc1cccs1. The molecular weight excluding hydrogens is 242 g/mol. The van der Waals surface area contributed by atoms with Crippen molar-refractivity contribution < 1.29 is 0 Å². The summed E-state index contributed by atoms with van der Waals surface area (Å²) in [6.07, 6.45) is 1.78. The van der Waals surface area contributed by atoms with Crippen LogP contribution in [0.25, 0.3) is 0 Å². The Morgan fingerprint density at radius 3 is 3.06 bits per heavy atom. The smallest absolute Gasteiger partial charge is 0.151 e. The molecule has 0 fully saturated rings. The highest BCUT2D eigenvalue weighted by molar-refractivity contribution is 7.09. The van der Waals surface area contributed by atoms with E-state index >= 15 is 0 Å².